The summed E-state index contributed by atoms with van der Waals surface area (Å²) in [6.07, 6.45) is 2.75. The van der Waals surface area contributed by atoms with E-state index in [1.165, 1.54) is 5.56 Å². The van der Waals surface area contributed by atoms with Crippen LogP contribution in [0.15, 0.2) is 48.5 Å². The van der Waals surface area contributed by atoms with Gasteiger partial charge in [-0.25, -0.2) is 4.79 Å². The van der Waals surface area contributed by atoms with Gasteiger partial charge in [0.05, 0.1) is 5.56 Å². The highest BCUT2D eigenvalue weighted by molar-refractivity contribution is 7.97. The van der Waals surface area contributed by atoms with Gasteiger partial charge in [0, 0.05) is 18.7 Å². The van der Waals surface area contributed by atoms with E-state index in [0.29, 0.717) is 18.5 Å². The van der Waals surface area contributed by atoms with Gasteiger partial charge in [-0.15, -0.1) is 0 Å². The number of carbonyl (C=O) groups is 2. The van der Waals surface area contributed by atoms with Gasteiger partial charge in [0.25, 0.3) is 0 Å². The average molecular weight is 343 g/mol. The number of amides is 1. The lowest BCUT2D eigenvalue weighted by atomic mass is 10.0. The molecule has 0 aliphatic carbocycles. The van der Waals surface area contributed by atoms with Gasteiger partial charge in [-0.05, 0) is 35.4 Å². The van der Waals surface area contributed by atoms with Crippen molar-refractivity contribution in [2.24, 2.45) is 0 Å². The molecule has 0 atom stereocenters. The van der Waals surface area contributed by atoms with Crippen LogP contribution in [0, 0.1) is 0 Å². The zero-order valence-corrected chi connectivity index (χ0v) is 14.4. The molecular formula is C19H21NO3S. The van der Waals surface area contributed by atoms with Gasteiger partial charge in [-0.3, -0.25) is 4.79 Å². The van der Waals surface area contributed by atoms with Crippen molar-refractivity contribution in [3.8, 4) is 0 Å². The Hall–Kier alpha value is -2.27. The maximum Gasteiger partial charge on any atom is 0.335 e. The molecule has 2 rings (SSSR count). The number of carboxylic acids is 1. The molecule has 0 aliphatic heterocycles. The SMILES string of the molecule is CSCc1cccc(CNC(=O)CCc2ccccc2C(=O)O)c1. The van der Waals surface area contributed by atoms with E-state index >= 15 is 0 Å². The predicted molar refractivity (Wildman–Crippen MR) is 97.2 cm³/mol. The number of carboxylic acid groups (broad SMARTS) is 1. The topological polar surface area (TPSA) is 66.4 Å². The molecule has 0 saturated heterocycles. The molecule has 0 aliphatic rings. The molecular weight excluding hydrogens is 322 g/mol. The largest absolute Gasteiger partial charge is 0.478 e. The third-order valence-electron chi connectivity index (χ3n) is 3.66. The normalized spacial score (nSPS) is 10.4. The van der Waals surface area contributed by atoms with Gasteiger partial charge in [0.1, 0.15) is 0 Å². The fourth-order valence-corrected chi connectivity index (χ4v) is 2.99. The Kier molecular flexibility index (Phi) is 6.88. The third-order valence-corrected chi connectivity index (χ3v) is 4.28. The van der Waals surface area contributed by atoms with Gasteiger partial charge in [-0.2, -0.15) is 11.8 Å². The van der Waals surface area contributed by atoms with Crippen LogP contribution < -0.4 is 5.32 Å². The minimum Gasteiger partial charge on any atom is -0.478 e. The molecule has 0 fully saturated rings. The maximum atomic E-state index is 12.0. The first-order valence-electron chi connectivity index (χ1n) is 7.75. The van der Waals surface area contributed by atoms with Crippen LogP contribution in [0.4, 0.5) is 0 Å². The van der Waals surface area contributed by atoms with Crippen LogP contribution in [-0.2, 0) is 23.5 Å². The lowest BCUT2D eigenvalue weighted by molar-refractivity contribution is -0.121. The summed E-state index contributed by atoms with van der Waals surface area (Å²) in [6, 6.07) is 14.9. The first kappa shape index (κ1) is 18.1. The van der Waals surface area contributed by atoms with Gasteiger partial charge < -0.3 is 10.4 Å². The number of aryl methyl sites for hydroxylation is 1. The van der Waals surface area contributed by atoms with Crippen molar-refractivity contribution in [2.45, 2.75) is 25.1 Å². The monoisotopic (exact) mass is 343 g/mol. The smallest absolute Gasteiger partial charge is 0.335 e. The molecule has 0 heterocycles. The number of aromatic carboxylic acids is 1. The number of rotatable bonds is 8. The van der Waals surface area contributed by atoms with E-state index in [1.807, 2.05) is 12.1 Å². The van der Waals surface area contributed by atoms with Crippen LogP contribution in [0.2, 0.25) is 0 Å². The number of thioether (sulfide) groups is 1. The van der Waals surface area contributed by atoms with Crippen molar-refractivity contribution >= 4 is 23.6 Å². The Bertz CT molecular complexity index is 715. The van der Waals surface area contributed by atoms with Crippen LogP contribution in [0.5, 0.6) is 0 Å². The Labute approximate surface area is 146 Å². The minimum absolute atomic E-state index is 0.0783. The molecule has 1 amide bonds. The molecule has 2 N–H and O–H groups in total. The summed E-state index contributed by atoms with van der Waals surface area (Å²) in [4.78, 5) is 23.2. The Morgan fingerprint density at radius 1 is 1.08 bits per heavy atom. The lowest BCUT2D eigenvalue weighted by Crippen LogP contribution is -2.23. The van der Waals surface area contributed by atoms with Crippen LogP contribution in [0.3, 0.4) is 0 Å². The summed E-state index contributed by atoms with van der Waals surface area (Å²) in [5.74, 6) is -0.0876. The number of hydrogen-bond acceptors (Lipinski definition) is 3. The molecule has 0 aromatic heterocycles. The summed E-state index contributed by atoms with van der Waals surface area (Å²) >= 11 is 1.76. The molecule has 4 nitrogen and oxygen atoms in total. The second-order valence-electron chi connectivity index (χ2n) is 5.49. The van der Waals surface area contributed by atoms with Crippen LogP contribution in [-0.4, -0.2) is 23.2 Å². The van der Waals surface area contributed by atoms with E-state index in [9.17, 15) is 9.59 Å². The molecule has 2 aromatic carbocycles. The summed E-state index contributed by atoms with van der Waals surface area (Å²) < 4.78 is 0. The molecule has 126 valence electrons. The second kappa shape index (κ2) is 9.13. The number of benzene rings is 2. The fourth-order valence-electron chi connectivity index (χ4n) is 2.48. The van der Waals surface area contributed by atoms with E-state index < -0.39 is 5.97 Å². The fraction of sp³-hybridized carbons (Fsp3) is 0.263. The van der Waals surface area contributed by atoms with Crippen molar-refractivity contribution in [1.82, 2.24) is 5.32 Å². The zero-order valence-electron chi connectivity index (χ0n) is 13.6. The van der Waals surface area contributed by atoms with Crippen molar-refractivity contribution in [3.05, 3.63) is 70.8 Å². The molecule has 2 aromatic rings. The Morgan fingerprint density at radius 2 is 1.83 bits per heavy atom. The van der Waals surface area contributed by atoms with Gasteiger partial charge >= 0.3 is 5.97 Å². The van der Waals surface area contributed by atoms with Gasteiger partial charge in [0.15, 0.2) is 0 Å². The molecule has 0 spiro atoms. The highest BCUT2D eigenvalue weighted by Gasteiger charge is 2.10. The third kappa shape index (κ3) is 5.42. The van der Waals surface area contributed by atoms with Crippen molar-refractivity contribution in [3.63, 3.8) is 0 Å². The Morgan fingerprint density at radius 3 is 2.58 bits per heavy atom. The standard InChI is InChI=1S/C19H21NO3S/c1-24-13-15-6-4-5-14(11-15)12-20-18(21)10-9-16-7-2-3-8-17(16)19(22)23/h2-8,11H,9-10,12-13H2,1H3,(H,20,21)(H,22,23). The quantitative estimate of drug-likeness (QED) is 0.770. The Balaban J connectivity index is 1.86. The molecule has 0 saturated carbocycles. The first-order valence-corrected chi connectivity index (χ1v) is 9.14. The molecule has 5 heteroatoms. The molecule has 24 heavy (non-hydrogen) atoms. The number of hydrogen-bond donors (Lipinski definition) is 2. The summed E-state index contributed by atoms with van der Waals surface area (Å²) in [7, 11) is 0. The van der Waals surface area contributed by atoms with Crippen LogP contribution in [0.25, 0.3) is 0 Å². The first-order chi connectivity index (χ1) is 11.6. The second-order valence-corrected chi connectivity index (χ2v) is 6.36. The van der Waals surface area contributed by atoms with Crippen molar-refractivity contribution in [2.75, 3.05) is 6.26 Å². The molecule has 0 bridgehead atoms. The summed E-state index contributed by atoms with van der Waals surface area (Å²) in [5.41, 5.74) is 3.25. The van der Waals surface area contributed by atoms with Crippen molar-refractivity contribution < 1.29 is 14.7 Å². The molecule has 0 unspecified atom stereocenters. The lowest BCUT2D eigenvalue weighted by Gasteiger charge is -2.08. The van der Waals surface area contributed by atoms with Crippen molar-refractivity contribution in [1.29, 1.82) is 0 Å². The van der Waals surface area contributed by atoms with E-state index in [1.54, 1.807) is 36.0 Å². The zero-order chi connectivity index (χ0) is 17.4. The van der Waals surface area contributed by atoms with E-state index in [0.717, 1.165) is 11.3 Å². The number of nitrogens with one attached hydrogen (secondary N) is 1. The highest BCUT2D eigenvalue weighted by Crippen LogP contribution is 2.12. The molecule has 0 radical (unpaired) electrons. The number of carbonyl (C=O) groups excluding carboxylic acids is 1. The van der Waals surface area contributed by atoms with E-state index in [2.05, 4.69) is 23.7 Å². The highest BCUT2D eigenvalue weighted by atomic mass is 32.2. The predicted octanol–water partition coefficient (Wildman–Crippen LogP) is 3.50. The van der Waals surface area contributed by atoms with Crippen LogP contribution >= 0.6 is 11.8 Å². The summed E-state index contributed by atoms with van der Waals surface area (Å²) in [6.45, 7) is 0.488. The van der Waals surface area contributed by atoms with Crippen LogP contribution in [0.1, 0.15) is 33.5 Å². The summed E-state index contributed by atoms with van der Waals surface area (Å²) in [5, 5.41) is 12.0. The van der Waals surface area contributed by atoms with E-state index in [4.69, 9.17) is 5.11 Å². The minimum atomic E-state index is -0.961. The average Bonchev–Trinajstić information content (AvgIpc) is 2.59. The maximum absolute atomic E-state index is 12.0. The van der Waals surface area contributed by atoms with Gasteiger partial charge in [-0.1, -0.05) is 42.5 Å². The van der Waals surface area contributed by atoms with Gasteiger partial charge in [0.2, 0.25) is 5.91 Å². The van der Waals surface area contributed by atoms with E-state index in [-0.39, 0.29) is 17.9 Å².